The molecular formula is C20H14N4O3S. The zero-order valence-corrected chi connectivity index (χ0v) is 15.3. The molecule has 138 valence electrons. The van der Waals surface area contributed by atoms with Gasteiger partial charge in [-0.3, -0.25) is 10.1 Å². The van der Waals surface area contributed by atoms with Gasteiger partial charge >= 0.3 is 6.09 Å². The first-order chi connectivity index (χ1) is 13.7. The number of hydrogen-bond donors (Lipinski definition) is 2. The number of aromatic nitrogens is 3. The highest BCUT2D eigenvalue weighted by Crippen LogP contribution is 2.44. The van der Waals surface area contributed by atoms with Crippen molar-refractivity contribution in [1.29, 1.82) is 0 Å². The maximum Gasteiger partial charge on any atom is 0.413 e. The summed E-state index contributed by atoms with van der Waals surface area (Å²) < 4.78 is 5.48. The second-order valence-electron chi connectivity index (χ2n) is 6.35. The maximum absolute atomic E-state index is 12.3. The van der Waals surface area contributed by atoms with Gasteiger partial charge in [0.05, 0.1) is 6.33 Å². The Morgan fingerprint density at radius 1 is 1.11 bits per heavy atom. The van der Waals surface area contributed by atoms with E-state index in [1.165, 1.54) is 17.5 Å². The largest absolute Gasteiger partial charge is 0.448 e. The molecule has 1 amide bonds. The fourth-order valence-electron chi connectivity index (χ4n) is 3.54. The third-order valence-corrected chi connectivity index (χ3v) is 5.63. The molecule has 0 atom stereocenters. The Bertz CT molecular complexity index is 1220. The van der Waals surface area contributed by atoms with E-state index in [0.29, 0.717) is 4.83 Å². The van der Waals surface area contributed by atoms with Crippen LogP contribution in [-0.4, -0.2) is 27.7 Å². The van der Waals surface area contributed by atoms with Gasteiger partial charge in [0.15, 0.2) is 15.5 Å². The molecule has 0 spiro atoms. The zero-order valence-electron chi connectivity index (χ0n) is 14.5. The first kappa shape index (κ1) is 16.6. The third kappa shape index (κ3) is 2.74. The van der Waals surface area contributed by atoms with Crippen LogP contribution in [0.3, 0.4) is 0 Å². The number of aromatic amines is 1. The van der Waals surface area contributed by atoms with Crippen LogP contribution in [-0.2, 0) is 4.74 Å². The van der Waals surface area contributed by atoms with E-state index >= 15 is 0 Å². The SMILES string of the molecule is O=C(Nc1nc2c(=O)[nH]cnc2s1)OCC1c2ccccc2-c2ccccc21. The Balaban J connectivity index is 1.34. The van der Waals surface area contributed by atoms with Gasteiger partial charge in [-0.05, 0) is 22.3 Å². The summed E-state index contributed by atoms with van der Waals surface area (Å²) in [6, 6.07) is 16.3. The monoisotopic (exact) mass is 390 g/mol. The predicted molar refractivity (Wildman–Crippen MR) is 107 cm³/mol. The number of hydrogen-bond acceptors (Lipinski definition) is 6. The number of carbonyl (C=O) groups excluding carboxylic acids is 1. The van der Waals surface area contributed by atoms with E-state index < -0.39 is 6.09 Å². The molecule has 28 heavy (non-hydrogen) atoms. The fourth-order valence-corrected chi connectivity index (χ4v) is 4.34. The van der Waals surface area contributed by atoms with Crippen molar-refractivity contribution in [3.05, 3.63) is 76.3 Å². The van der Waals surface area contributed by atoms with Gasteiger partial charge in [0.2, 0.25) is 0 Å². The van der Waals surface area contributed by atoms with E-state index in [-0.39, 0.29) is 28.7 Å². The highest BCUT2D eigenvalue weighted by molar-refractivity contribution is 7.21. The smallest absolute Gasteiger partial charge is 0.413 e. The number of ether oxygens (including phenoxy) is 1. The molecule has 1 aliphatic rings. The van der Waals surface area contributed by atoms with Gasteiger partial charge in [-0.25, -0.2) is 14.8 Å². The molecule has 0 radical (unpaired) electrons. The molecule has 0 saturated carbocycles. The number of anilines is 1. The number of carbonyl (C=O) groups is 1. The molecule has 2 aromatic heterocycles. The molecule has 5 rings (SSSR count). The number of H-pyrrole nitrogens is 1. The molecule has 2 N–H and O–H groups in total. The molecule has 0 fully saturated rings. The number of thiazole rings is 1. The van der Waals surface area contributed by atoms with Crippen LogP contribution in [0.5, 0.6) is 0 Å². The molecule has 0 saturated heterocycles. The molecule has 4 aromatic rings. The van der Waals surface area contributed by atoms with Gasteiger partial charge in [-0.15, -0.1) is 0 Å². The lowest BCUT2D eigenvalue weighted by Gasteiger charge is -2.14. The Morgan fingerprint density at radius 2 is 1.79 bits per heavy atom. The Hall–Kier alpha value is -3.52. The van der Waals surface area contributed by atoms with E-state index in [0.717, 1.165) is 22.5 Å². The summed E-state index contributed by atoms with van der Waals surface area (Å²) in [5.41, 5.74) is 4.48. The molecule has 1 aliphatic carbocycles. The molecule has 2 aromatic carbocycles. The topological polar surface area (TPSA) is 97.0 Å². The van der Waals surface area contributed by atoms with Crippen molar-refractivity contribution in [3.63, 3.8) is 0 Å². The second kappa shape index (κ2) is 6.58. The lowest BCUT2D eigenvalue weighted by molar-refractivity contribution is 0.158. The number of amides is 1. The quantitative estimate of drug-likeness (QED) is 0.555. The van der Waals surface area contributed by atoms with Crippen molar-refractivity contribution in [2.24, 2.45) is 0 Å². The highest BCUT2D eigenvalue weighted by Gasteiger charge is 2.29. The Kier molecular flexibility index (Phi) is 3.91. The average Bonchev–Trinajstić information content (AvgIpc) is 3.26. The summed E-state index contributed by atoms with van der Waals surface area (Å²) in [7, 11) is 0. The number of rotatable bonds is 3. The van der Waals surface area contributed by atoms with Crippen LogP contribution in [0, 0.1) is 0 Å². The normalized spacial score (nSPS) is 12.6. The summed E-state index contributed by atoms with van der Waals surface area (Å²) in [6.07, 6.45) is 0.692. The molecule has 0 unspecified atom stereocenters. The Labute approximate surface area is 163 Å². The summed E-state index contributed by atoms with van der Waals surface area (Å²) >= 11 is 1.12. The third-order valence-electron chi connectivity index (χ3n) is 4.75. The van der Waals surface area contributed by atoms with Gasteiger partial charge < -0.3 is 9.72 Å². The van der Waals surface area contributed by atoms with E-state index in [4.69, 9.17) is 4.74 Å². The first-order valence-electron chi connectivity index (χ1n) is 8.67. The van der Waals surface area contributed by atoms with Crippen molar-refractivity contribution in [3.8, 4) is 11.1 Å². The van der Waals surface area contributed by atoms with Gasteiger partial charge in [0.1, 0.15) is 6.61 Å². The maximum atomic E-state index is 12.3. The predicted octanol–water partition coefficient (Wildman–Crippen LogP) is 3.74. The van der Waals surface area contributed by atoms with Crippen LogP contribution in [0.1, 0.15) is 17.0 Å². The minimum absolute atomic E-state index is 0.0157. The van der Waals surface area contributed by atoms with Crippen LogP contribution < -0.4 is 10.9 Å². The van der Waals surface area contributed by atoms with E-state index in [1.807, 2.05) is 24.3 Å². The first-order valence-corrected chi connectivity index (χ1v) is 9.48. The summed E-state index contributed by atoms with van der Waals surface area (Å²) in [4.78, 5) is 35.1. The minimum atomic E-state index is -0.614. The van der Waals surface area contributed by atoms with Crippen LogP contribution in [0.25, 0.3) is 21.5 Å². The van der Waals surface area contributed by atoms with E-state index in [2.05, 4.69) is 44.5 Å². The molecule has 0 aliphatic heterocycles. The lowest BCUT2D eigenvalue weighted by atomic mass is 9.98. The van der Waals surface area contributed by atoms with Crippen LogP contribution in [0.4, 0.5) is 9.93 Å². The fraction of sp³-hybridized carbons (Fsp3) is 0.100. The van der Waals surface area contributed by atoms with Crippen molar-refractivity contribution in [1.82, 2.24) is 15.0 Å². The number of nitrogens with zero attached hydrogens (tertiary/aromatic N) is 2. The number of benzene rings is 2. The van der Waals surface area contributed by atoms with E-state index in [9.17, 15) is 9.59 Å². The standard InChI is InChI=1S/C20H14N4O3S/c25-17-16-18(22-10-21-17)28-19(23-16)24-20(26)27-9-15-13-7-3-1-5-11(13)12-6-2-4-8-14(12)15/h1-8,10,15H,9H2,(H,21,22,25)(H,23,24,26). The zero-order chi connectivity index (χ0) is 19.1. The van der Waals surface area contributed by atoms with Gasteiger partial charge in [0, 0.05) is 5.92 Å². The molecule has 0 bridgehead atoms. The average molecular weight is 390 g/mol. The highest BCUT2D eigenvalue weighted by atomic mass is 32.1. The molecule has 7 nitrogen and oxygen atoms in total. The molecule has 8 heteroatoms. The van der Waals surface area contributed by atoms with Crippen molar-refractivity contribution < 1.29 is 9.53 Å². The second-order valence-corrected chi connectivity index (χ2v) is 7.33. The van der Waals surface area contributed by atoms with Crippen LogP contribution >= 0.6 is 11.3 Å². The lowest BCUT2D eigenvalue weighted by Crippen LogP contribution is -2.17. The van der Waals surface area contributed by atoms with Gasteiger partial charge in [-0.1, -0.05) is 59.9 Å². The summed E-state index contributed by atoms with van der Waals surface area (Å²) in [5.74, 6) is -0.0157. The minimum Gasteiger partial charge on any atom is -0.448 e. The van der Waals surface area contributed by atoms with Crippen molar-refractivity contribution >= 4 is 32.9 Å². The van der Waals surface area contributed by atoms with Crippen molar-refractivity contribution in [2.75, 3.05) is 11.9 Å². The number of nitrogens with one attached hydrogen (secondary N) is 2. The number of fused-ring (bicyclic) bond motifs is 4. The summed E-state index contributed by atoms with van der Waals surface area (Å²) in [6.45, 7) is 0.212. The van der Waals surface area contributed by atoms with Gasteiger partial charge in [0.25, 0.3) is 5.56 Å². The van der Waals surface area contributed by atoms with Crippen LogP contribution in [0.2, 0.25) is 0 Å². The van der Waals surface area contributed by atoms with E-state index in [1.54, 1.807) is 0 Å². The van der Waals surface area contributed by atoms with Crippen molar-refractivity contribution in [2.45, 2.75) is 5.92 Å². The van der Waals surface area contributed by atoms with Crippen LogP contribution in [0.15, 0.2) is 59.7 Å². The van der Waals surface area contributed by atoms with Gasteiger partial charge in [-0.2, -0.15) is 0 Å². The molecule has 2 heterocycles. The Morgan fingerprint density at radius 3 is 2.46 bits per heavy atom. The molecular weight excluding hydrogens is 376 g/mol. The summed E-state index contributed by atoms with van der Waals surface area (Å²) in [5, 5.41) is 2.86.